The maximum Gasteiger partial charge on any atom is 0.305 e. The first-order chi connectivity index (χ1) is 15.0. The Morgan fingerprint density at radius 1 is 0.968 bits per heavy atom. The summed E-state index contributed by atoms with van der Waals surface area (Å²) in [6, 6.07) is 18.5. The Morgan fingerprint density at radius 2 is 1.74 bits per heavy atom. The van der Waals surface area contributed by atoms with E-state index in [1.54, 1.807) is 30.3 Å². The van der Waals surface area contributed by atoms with Crippen LogP contribution < -0.4 is 4.74 Å². The summed E-state index contributed by atoms with van der Waals surface area (Å²) in [7, 11) is 1.74. The van der Waals surface area contributed by atoms with Crippen molar-refractivity contribution in [3.05, 3.63) is 78.1 Å². The number of hydrogen-bond donors (Lipinski definition) is 1. The molecule has 0 aliphatic carbocycles. The fourth-order valence-corrected chi connectivity index (χ4v) is 3.01. The normalized spacial score (nSPS) is 10.6. The van der Waals surface area contributed by atoms with Crippen LogP contribution in [0.15, 0.2) is 71.3 Å². The van der Waals surface area contributed by atoms with Crippen LogP contribution in [0.25, 0.3) is 11.3 Å². The van der Waals surface area contributed by atoms with Gasteiger partial charge in [-0.1, -0.05) is 30.3 Å². The number of carboxylic acids is 1. The topological polar surface area (TPSA) is 89.2 Å². The van der Waals surface area contributed by atoms with E-state index in [-0.39, 0.29) is 18.9 Å². The predicted molar refractivity (Wildman–Crippen MR) is 115 cm³/mol. The molecular formula is C24H25NO6. The fourth-order valence-electron chi connectivity index (χ4n) is 3.01. The van der Waals surface area contributed by atoms with Crippen LogP contribution in [0.4, 0.5) is 0 Å². The van der Waals surface area contributed by atoms with Crippen LogP contribution in [-0.4, -0.2) is 48.8 Å². The molecule has 1 N–H and O–H groups in total. The van der Waals surface area contributed by atoms with Crippen LogP contribution in [0, 0.1) is 0 Å². The Hall–Kier alpha value is -3.58. The molecular weight excluding hydrogens is 398 g/mol. The van der Waals surface area contributed by atoms with Crippen LogP contribution >= 0.6 is 0 Å². The van der Waals surface area contributed by atoms with Crippen molar-refractivity contribution >= 4 is 11.9 Å². The molecule has 0 saturated carbocycles. The molecule has 3 aromatic rings. The summed E-state index contributed by atoms with van der Waals surface area (Å²) >= 11 is 0. The summed E-state index contributed by atoms with van der Waals surface area (Å²) in [4.78, 5) is 25.0. The Kier molecular flexibility index (Phi) is 7.84. The molecule has 1 heterocycles. The van der Waals surface area contributed by atoms with Gasteiger partial charge in [-0.15, -0.1) is 0 Å². The molecule has 31 heavy (non-hydrogen) atoms. The van der Waals surface area contributed by atoms with Crippen LogP contribution in [0.3, 0.4) is 0 Å². The summed E-state index contributed by atoms with van der Waals surface area (Å²) in [5, 5.41) is 8.60. The Labute approximate surface area is 180 Å². The number of para-hydroxylation sites is 1. The van der Waals surface area contributed by atoms with Gasteiger partial charge in [-0.3, -0.25) is 9.59 Å². The maximum atomic E-state index is 12.8. The van der Waals surface area contributed by atoms with Crippen molar-refractivity contribution in [2.75, 3.05) is 26.9 Å². The predicted octanol–water partition coefficient (Wildman–Crippen LogP) is 4.09. The van der Waals surface area contributed by atoms with Crippen LogP contribution in [0.1, 0.15) is 22.3 Å². The van der Waals surface area contributed by atoms with Gasteiger partial charge in [0.05, 0.1) is 25.9 Å². The molecule has 2 aromatic carbocycles. The van der Waals surface area contributed by atoms with Gasteiger partial charge in [0.25, 0.3) is 5.91 Å². The molecule has 0 unspecified atom stereocenters. The lowest BCUT2D eigenvalue weighted by Crippen LogP contribution is -2.26. The van der Waals surface area contributed by atoms with E-state index in [0.717, 1.165) is 16.9 Å². The highest BCUT2D eigenvalue weighted by molar-refractivity contribution is 5.94. The van der Waals surface area contributed by atoms with E-state index >= 15 is 0 Å². The van der Waals surface area contributed by atoms with E-state index in [0.29, 0.717) is 31.1 Å². The molecule has 1 aromatic heterocycles. The van der Waals surface area contributed by atoms with Gasteiger partial charge in [0.2, 0.25) is 0 Å². The number of rotatable bonds is 11. The number of benzene rings is 2. The van der Waals surface area contributed by atoms with Gasteiger partial charge in [-0.05, 0) is 30.3 Å². The van der Waals surface area contributed by atoms with Gasteiger partial charge in [0.1, 0.15) is 18.1 Å². The molecule has 0 radical (unpaired) electrons. The average molecular weight is 423 g/mol. The SMILES string of the molecule is CN(Cc1ccccc1OCCOCCC(=O)O)C(=O)c1ccc(-c2ccco2)cc1. The van der Waals surface area contributed by atoms with Gasteiger partial charge < -0.3 is 23.9 Å². The second kappa shape index (κ2) is 11.0. The third-order valence-corrected chi connectivity index (χ3v) is 4.61. The van der Waals surface area contributed by atoms with Gasteiger partial charge in [-0.25, -0.2) is 0 Å². The number of amides is 1. The molecule has 0 saturated heterocycles. The van der Waals surface area contributed by atoms with E-state index in [1.807, 2.05) is 48.5 Å². The number of aliphatic carboxylic acids is 1. The quantitative estimate of drug-likeness (QED) is 0.467. The molecule has 0 aliphatic heterocycles. The number of carbonyl (C=O) groups is 2. The first-order valence-corrected chi connectivity index (χ1v) is 9.94. The first-order valence-electron chi connectivity index (χ1n) is 9.94. The van der Waals surface area contributed by atoms with Crippen molar-refractivity contribution in [2.45, 2.75) is 13.0 Å². The summed E-state index contributed by atoms with van der Waals surface area (Å²) in [6.45, 7) is 1.12. The molecule has 3 rings (SSSR count). The van der Waals surface area contributed by atoms with Crippen molar-refractivity contribution in [2.24, 2.45) is 0 Å². The molecule has 0 bridgehead atoms. The molecule has 162 valence electrons. The molecule has 0 spiro atoms. The Bertz CT molecular complexity index is 982. The standard InChI is InChI=1S/C24H25NO6/c1-25(24(28)19-10-8-18(9-11-19)21-7-4-13-30-21)17-20-5-2-3-6-22(20)31-16-15-29-14-12-23(26)27/h2-11,13H,12,14-17H2,1H3,(H,26,27). The minimum absolute atomic E-state index is 0.0357. The van der Waals surface area contributed by atoms with Crippen LogP contribution in [0.5, 0.6) is 5.75 Å². The number of carbonyl (C=O) groups excluding carboxylic acids is 1. The minimum atomic E-state index is -0.894. The maximum absolute atomic E-state index is 12.8. The summed E-state index contributed by atoms with van der Waals surface area (Å²) in [5.74, 6) is 0.426. The van der Waals surface area contributed by atoms with Crippen LogP contribution in [-0.2, 0) is 16.1 Å². The van der Waals surface area contributed by atoms with E-state index in [2.05, 4.69) is 0 Å². The third kappa shape index (κ3) is 6.45. The van der Waals surface area contributed by atoms with E-state index in [1.165, 1.54) is 0 Å². The number of ether oxygens (including phenoxy) is 2. The minimum Gasteiger partial charge on any atom is -0.491 e. The third-order valence-electron chi connectivity index (χ3n) is 4.61. The van der Waals surface area contributed by atoms with Gasteiger partial charge >= 0.3 is 5.97 Å². The molecule has 1 amide bonds. The summed E-state index contributed by atoms with van der Waals surface area (Å²) < 4.78 is 16.4. The van der Waals surface area contributed by atoms with Gasteiger partial charge in [0.15, 0.2) is 0 Å². The zero-order valence-electron chi connectivity index (χ0n) is 17.3. The lowest BCUT2D eigenvalue weighted by atomic mass is 10.1. The fraction of sp³-hybridized carbons (Fsp3) is 0.250. The smallest absolute Gasteiger partial charge is 0.305 e. The van der Waals surface area contributed by atoms with E-state index < -0.39 is 5.97 Å². The van der Waals surface area contributed by atoms with Crippen molar-refractivity contribution in [1.82, 2.24) is 4.90 Å². The van der Waals surface area contributed by atoms with Gasteiger partial charge in [-0.2, -0.15) is 0 Å². The molecule has 0 aliphatic rings. The zero-order chi connectivity index (χ0) is 22.1. The van der Waals surface area contributed by atoms with E-state index in [4.69, 9.17) is 19.0 Å². The highest BCUT2D eigenvalue weighted by Gasteiger charge is 2.15. The van der Waals surface area contributed by atoms with Crippen molar-refractivity contribution in [1.29, 1.82) is 0 Å². The van der Waals surface area contributed by atoms with Crippen molar-refractivity contribution < 1.29 is 28.6 Å². The molecule has 0 fully saturated rings. The zero-order valence-corrected chi connectivity index (χ0v) is 17.3. The first kappa shape index (κ1) is 22.1. The molecule has 7 nitrogen and oxygen atoms in total. The number of nitrogens with zero attached hydrogens (tertiary/aromatic N) is 1. The van der Waals surface area contributed by atoms with Crippen LogP contribution in [0.2, 0.25) is 0 Å². The number of hydrogen-bond acceptors (Lipinski definition) is 5. The van der Waals surface area contributed by atoms with Crippen molar-refractivity contribution in [3.63, 3.8) is 0 Å². The monoisotopic (exact) mass is 423 g/mol. The Balaban J connectivity index is 1.55. The second-order valence-corrected chi connectivity index (χ2v) is 6.93. The second-order valence-electron chi connectivity index (χ2n) is 6.93. The highest BCUT2D eigenvalue weighted by Crippen LogP contribution is 2.22. The largest absolute Gasteiger partial charge is 0.491 e. The Morgan fingerprint density at radius 3 is 2.45 bits per heavy atom. The molecule has 7 heteroatoms. The number of furan rings is 1. The summed E-state index contributed by atoms with van der Waals surface area (Å²) in [6.07, 6.45) is 1.58. The number of carboxylic acid groups (broad SMARTS) is 1. The molecule has 0 atom stereocenters. The summed E-state index contributed by atoms with van der Waals surface area (Å²) in [5.41, 5.74) is 2.37. The van der Waals surface area contributed by atoms with E-state index in [9.17, 15) is 9.59 Å². The highest BCUT2D eigenvalue weighted by atomic mass is 16.5. The lowest BCUT2D eigenvalue weighted by Gasteiger charge is -2.19. The van der Waals surface area contributed by atoms with Gasteiger partial charge in [0, 0.05) is 30.3 Å². The van der Waals surface area contributed by atoms with Crippen molar-refractivity contribution in [3.8, 4) is 17.1 Å². The lowest BCUT2D eigenvalue weighted by molar-refractivity contribution is -0.138. The average Bonchev–Trinajstić information content (AvgIpc) is 3.31.